The number of rotatable bonds is 6. The Bertz CT molecular complexity index is 863. The van der Waals surface area contributed by atoms with Crippen LogP contribution in [-0.2, 0) is 0 Å². The van der Waals surface area contributed by atoms with E-state index in [1.807, 2.05) is 19.1 Å². The largest absolute Gasteiger partial charge is 0.497 e. The van der Waals surface area contributed by atoms with Crippen LogP contribution >= 0.6 is 23.4 Å². The first-order valence-electron chi connectivity index (χ1n) is 7.60. The molecule has 0 aliphatic carbocycles. The van der Waals surface area contributed by atoms with Crippen molar-refractivity contribution in [3.05, 3.63) is 59.1 Å². The number of aromatic nitrogens is 3. The summed E-state index contributed by atoms with van der Waals surface area (Å²) >= 11 is 7.20. The number of nitrogens with one attached hydrogen (secondary N) is 1. The number of carbonyl (C=O) groups excluding carboxylic acids is 1. The summed E-state index contributed by atoms with van der Waals surface area (Å²) in [4.78, 5) is 17.0. The van der Waals surface area contributed by atoms with Crippen LogP contribution in [0.4, 0.5) is 0 Å². The zero-order valence-electron chi connectivity index (χ0n) is 13.7. The topological polar surface area (TPSA) is 67.9 Å². The van der Waals surface area contributed by atoms with Crippen molar-refractivity contribution < 1.29 is 9.53 Å². The molecule has 0 saturated heterocycles. The lowest BCUT2D eigenvalue weighted by Crippen LogP contribution is -2.13. The summed E-state index contributed by atoms with van der Waals surface area (Å²) in [5.74, 6) is 1.38. The Morgan fingerprint density at radius 2 is 1.84 bits per heavy atom. The van der Waals surface area contributed by atoms with E-state index in [2.05, 4.69) is 15.2 Å². The maximum absolute atomic E-state index is 12.5. The van der Waals surface area contributed by atoms with E-state index < -0.39 is 0 Å². The Labute approximate surface area is 154 Å². The standard InChI is InChI=1S/C18H16ClN3O2S/c1-11(16(23)12-5-9-15(24-2)10-6-12)25-18-20-17(21-22-18)13-3-7-14(19)8-4-13/h3-11H,1-2H3,(H,20,21,22). The van der Waals surface area contributed by atoms with Gasteiger partial charge in [-0.05, 0) is 55.5 Å². The molecule has 0 spiro atoms. The van der Waals surface area contributed by atoms with E-state index >= 15 is 0 Å². The maximum atomic E-state index is 12.5. The number of ketones is 1. The first-order chi connectivity index (χ1) is 12.1. The predicted octanol–water partition coefficient (Wildman–Crippen LogP) is 4.50. The third kappa shape index (κ3) is 4.21. The number of carbonyl (C=O) groups is 1. The average Bonchev–Trinajstić information content (AvgIpc) is 3.10. The van der Waals surface area contributed by atoms with Crippen LogP contribution in [-0.4, -0.2) is 33.3 Å². The van der Waals surface area contributed by atoms with Crippen LogP contribution in [0.15, 0.2) is 53.7 Å². The summed E-state index contributed by atoms with van der Waals surface area (Å²) < 4.78 is 5.11. The Morgan fingerprint density at radius 3 is 2.48 bits per heavy atom. The van der Waals surface area contributed by atoms with Gasteiger partial charge in [0.05, 0.1) is 12.4 Å². The Morgan fingerprint density at radius 1 is 1.16 bits per heavy atom. The van der Waals surface area contributed by atoms with Crippen LogP contribution in [0, 0.1) is 0 Å². The van der Waals surface area contributed by atoms with Crippen molar-refractivity contribution in [2.45, 2.75) is 17.3 Å². The quantitative estimate of drug-likeness (QED) is 0.509. The van der Waals surface area contributed by atoms with E-state index in [9.17, 15) is 4.79 Å². The van der Waals surface area contributed by atoms with Crippen molar-refractivity contribution >= 4 is 29.1 Å². The molecule has 5 nitrogen and oxygen atoms in total. The van der Waals surface area contributed by atoms with Crippen LogP contribution in [0.2, 0.25) is 5.02 Å². The van der Waals surface area contributed by atoms with Crippen molar-refractivity contribution in [1.29, 1.82) is 0 Å². The number of nitrogens with zero attached hydrogens (tertiary/aromatic N) is 2. The minimum absolute atomic E-state index is 0.0190. The van der Waals surface area contributed by atoms with Crippen molar-refractivity contribution in [3.63, 3.8) is 0 Å². The average molecular weight is 374 g/mol. The summed E-state index contributed by atoms with van der Waals surface area (Å²) in [6.07, 6.45) is 0. The number of thioether (sulfide) groups is 1. The molecular weight excluding hydrogens is 358 g/mol. The lowest BCUT2D eigenvalue weighted by Gasteiger charge is -2.08. The molecule has 1 unspecified atom stereocenters. The number of H-pyrrole nitrogens is 1. The summed E-state index contributed by atoms with van der Waals surface area (Å²) in [5.41, 5.74) is 1.52. The van der Waals surface area contributed by atoms with E-state index in [1.54, 1.807) is 43.5 Å². The molecule has 1 N–H and O–H groups in total. The van der Waals surface area contributed by atoms with E-state index in [0.717, 1.165) is 11.3 Å². The number of halogens is 1. The Hall–Kier alpha value is -2.31. The van der Waals surface area contributed by atoms with Crippen molar-refractivity contribution in [2.24, 2.45) is 0 Å². The molecule has 1 heterocycles. The van der Waals surface area contributed by atoms with Crippen molar-refractivity contribution in [2.75, 3.05) is 7.11 Å². The smallest absolute Gasteiger partial charge is 0.209 e. The second-order valence-electron chi connectivity index (χ2n) is 5.33. The van der Waals surface area contributed by atoms with Crippen LogP contribution < -0.4 is 4.74 Å². The normalized spacial score (nSPS) is 12.0. The zero-order valence-corrected chi connectivity index (χ0v) is 15.3. The minimum Gasteiger partial charge on any atom is -0.497 e. The van der Waals surface area contributed by atoms with Gasteiger partial charge >= 0.3 is 0 Å². The molecule has 0 radical (unpaired) electrons. The highest BCUT2D eigenvalue weighted by Gasteiger charge is 2.19. The molecule has 0 saturated carbocycles. The van der Waals surface area contributed by atoms with Gasteiger partial charge in [-0.15, -0.1) is 5.10 Å². The number of methoxy groups -OCH3 is 1. The van der Waals surface area contributed by atoms with E-state index in [-0.39, 0.29) is 11.0 Å². The van der Waals surface area contributed by atoms with Gasteiger partial charge in [0.2, 0.25) is 5.16 Å². The van der Waals surface area contributed by atoms with Gasteiger partial charge in [-0.25, -0.2) is 4.98 Å². The number of hydrogen-bond donors (Lipinski definition) is 1. The fourth-order valence-electron chi connectivity index (χ4n) is 2.24. The number of ether oxygens (including phenoxy) is 1. The van der Waals surface area contributed by atoms with E-state index in [1.165, 1.54) is 11.8 Å². The second-order valence-corrected chi connectivity index (χ2v) is 7.07. The van der Waals surface area contributed by atoms with E-state index in [4.69, 9.17) is 16.3 Å². The molecule has 1 atom stereocenters. The molecule has 0 fully saturated rings. The van der Waals surface area contributed by atoms with Crippen LogP contribution in [0.1, 0.15) is 17.3 Å². The highest BCUT2D eigenvalue weighted by molar-refractivity contribution is 8.00. The van der Waals surface area contributed by atoms with Gasteiger partial charge < -0.3 is 4.74 Å². The van der Waals surface area contributed by atoms with Gasteiger partial charge in [-0.3, -0.25) is 9.89 Å². The fraction of sp³-hybridized carbons (Fsp3) is 0.167. The molecule has 2 aromatic carbocycles. The number of hydrogen-bond acceptors (Lipinski definition) is 5. The first kappa shape index (κ1) is 17.5. The molecule has 25 heavy (non-hydrogen) atoms. The van der Waals surface area contributed by atoms with Crippen LogP contribution in [0.5, 0.6) is 5.75 Å². The summed E-state index contributed by atoms with van der Waals surface area (Å²) in [6, 6.07) is 14.4. The van der Waals surface area contributed by atoms with Crippen molar-refractivity contribution in [1.82, 2.24) is 15.2 Å². The molecule has 128 valence electrons. The van der Waals surface area contributed by atoms with Gasteiger partial charge in [0.15, 0.2) is 11.6 Å². The van der Waals surface area contributed by atoms with Crippen LogP contribution in [0.3, 0.4) is 0 Å². The van der Waals surface area contributed by atoms with Crippen molar-refractivity contribution in [3.8, 4) is 17.1 Å². The van der Waals surface area contributed by atoms with Crippen LogP contribution in [0.25, 0.3) is 11.4 Å². The summed E-state index contributed by atoms with van der Waals surface area (Å²) in [7, 11) is 1.59. The Kier molecular flexibility index (Phi) is 5.40. The number of benzene rings is 2. The molecule has 3 rings (SSSR count). The van der Waals surface area contributed by atoms with Gasteiger partial charge in [-0.2, -0.15) is 0 Å². The molecular formula is C18H16ClN3O2S. The highest BCUT2D eigenvalue weighted by atomic mass is 35.5. The molecule has 3 aromatic rings. The molecule has 0 aliphatic heterocycles. The lowest BCUT2D eigenvalue weighted by molar-refractivity contribution is 0.0994. The molecule has 0 bridgehead atoms. The minimum atomic E-state index is -0.303. The Balaban J connectivity index is 1.69. The summed E-state index contributed by atoms with van der Waals surface area (Å²) in [5, 5.41) is 7.96. The third-order valence-corrected chi connectivity index (χ3v) is 4.82. The predicted molar refractivity (Wildman–Crippen MR) is 99.5 cm³/mol. The van der Waals surface area contributed by atoms with Gasteiger partial charge in [0.25, 0.3) is 0 Å². The number of Topliss-reactive ketones (excluding diaryl/α,β-unsaturated/α-hetero) is 1. The maximum Gasteiger partial charge on any atom is 0.209 e. The third-order valence-electron chi connectivity index (χ3n) is 3.61. The molecule has 0 aliphatic rings. The summed E-state index contributed by atoms with van der Waals surface area (Å²) in [6.45, 7) is 1.84. The van der Waals surface area contributed by atoms with Gasteiger partial charge in [0.1, 0.15) is 5.75 Å². The van der Waals surface area contributed by atoms with Gasteiger partial charge in [-0.1, -0.05) is 23.4 Å². The zero-order chi connectivity index (χ0) is 17.8. The number of aromatic amines is 1. The van der Waals surface area contributed by atoms with E-state index in [0.29, 0.717) is 21.6 Å². The lowest BCUT2D eigenvalue weighted by atomic mass is 10.1. The monoisotopic (exact) mass is 373 g/mol. The SMILES string of the molecule is COc1ccc(C(=O)C(C)Sc2n[nH]c(-c3ccc(Cl)cc3)n2)cc1. The molecule has 1 aromatic heterocycles. The second kappa shape index (κ2) is 7.72. The molecule has 0 amide bonds. The molecule has 7 heteroatoms. The van der Waals surface area contributed by atoms with Gasteiger partial charge in [0, 0.05) is 16.1 Å². The fourth-order valence-corrected chi connectivity index (χ4v) is 3.17. The highest BCUT2D eigenvalue weighted by Crippen LogP contribution is 2.26. The first-order valence-corrected chi connectivity index (χ1v) is 8.86.